The van der Waals surface area contributed by atoms with Crippen LogP contribution in [0.15, 0.2) is 30.3 Å². The monoisotopic (exact) mass is 261 g/mol. The molecule has 1 saturated carbocycles. The molecule has 1 atom stereocenters. The largest absolute Gasteiger partial charge is 0.461 e. The minimum absolute atomic E-state index is 0.0837. The first-order valence-electron chi connectivity index (χ1n) is 7.09. The van der Waals surface area contributed by atoms with E-state index in [0.29, 0.717) is 19.2 Å². The second kappa shape index (κ2) is 6.71. The molecule has 0 heterocycles. The summed E-state index contributed by atoms with van der Waals surface area (Å²) < 4.78 is 5.32. The topological polar surface area (TPSA) is 38.3 Å². The van der Waals surface area contributed by atoms with Crippen LogP contribution in [0.1, 0.15) is 32.3 Å². The highest BCUT2D eigenvalue weighted by atomic mass is 16.5. The van der Waals surface area contributed by atoms with Gasteiger partial charge in [0.25, 0.3) is 0 Å². The van der Waals surface area contributed by atoms with Crippen LogP contribution >= 0.6 is 0 Å². The van der Waals surface area contributed by atoms with Crippen LogP contribution in [0.2, 0.25) is 0 Å². The predicted octanol–water partition coefficient (Wildman–Crippen LogP) is 2.75. The first-order chi connectivity index (χ1) is 9.15. The number of esters is 1. The second-order valence-corrected chi connectivity index (χ2v) is 5.68. The summed E-state index contributed by atoms with van der Waals surface area (Å²) in [6.07, 6.45) is 2.46. The van der Waals surface area contributed by atoms with Crippen LogP contribution < -0.4 is 5.32 Å². The van der Waals surface area contributed by atoms with Crippen LogP contribution in [0.3, 0.4) is 0 Å². The third kappa shape index (κ3) is 4.35. The number of benzene rings is 1. The van der Waals surface area contributed by atoms with Crippen LogP contribution in [0.5, 0.6) is 0 Å². The molecule has 19 heavy (non-hydrogen) atoms. The molecule has 0 spiro atoms. The van der Waals surface area contributed by atoms with E-state index in [1.54, 1.807) is 0 Å². The van der Waals surface area contributed by atoms with E-state index >= 15 is 0 Å². The first-order valence-corrected chi connectivity index (χ1v) is 7.09. The van der Waals surface area contributed by atoms with Crippen molar-refractivity contribution in [2.75, 3.05) is 6.54 Å². The van der Waals surface area contributed by atoms with Gasteiger partial charge in [-0.3, -0.25) is 4.79 Å². The third-order valence-corrected chi connectivity index (χ3v) is 3.71. The Labute approximate surface area is 115 Å². The molecule has 1 unspecified atom stereocenters. The molecule has 104 valence electrons. The lowest BCUT2D eigenvalue weighted by Crippen LogP contribution is -2.43. The Balaban J connectivity index is 1.65. The standard InChI is InChI=1S/C16H23NO2/c1-12-8-15(9-12)17-10-13(2)16(18)19-11-14-6-4-3-5-7-14/h3-7,12-13,15,17H,8-11H2,1-2H3. The average molecular weight is 261 g/mol. The summed E-state index contributed by atoms with van der Waals surface area (Å²) in [7, 11) is 0. The SMILES string of the molecule is CC1CC(NCC(C)C(=O)OCc2ccccc2)C1. The van der Waals surface area contributed by atoms with Gasteiger partial charge in [0, 0.05) is 12.6 Å². The third-order valence-electron chi connectivity index (χ3n) is 3.71. The van der Waals surface area contributed by atoms with Gasteiger partial charge in [-0.25, -0.2) is 0 Å². The molecule has 0 saturated heterocycles. The van der Waals surface area contributed by atoms with E-state index in [2.05, 4.69) is 12.2 Å². The van der Waals surface area contributed by atoms with E-state index < -0.39 is 0 Å². The molecule has 1 fully saturated rings. The fourth-order valence-corrected chi connectivity index (χ4v) is 2.37. The van der Waals surface area contributed by atoms with Gasteiger partial charge in [-0.1, -0.05) is 44.2 Å². The van der Waals surface area contributed by atoms with Crippen molar-refractivity contribution in [1.82, 2.24) is 5.32 Å². The lowest BCUT2D eigenvalue weighted by atomic mass is 9.82. The van der Waals surface area contributed by atoms with Gasteiger partial charge in [-0.2, -0.15) is 0 Å². The zero-order chi connectivity index (χ0) is 13.7. The summed E-state index contributed by atoms with van der Waals surface area (Å²) in [5.74, 6) is 0.626. The van der Waals surface area contributed by atoms with E-state index in [1.807, 2.05) is 37.3 Å². The Bertz CT molecular complexity index is 398. The fourth-order valence-electron chi connectivity index (χ4n) is 2.37. The van der Waals surface area contributed by atoms with Gasteiger partial charge in [0.05, 0.1) is 5.92 Å². The molecule has 1 N–H and O–H groups in total. The van der Waals surface area contributed by atoms with Gasteiger partial charge >= 0.3 is 5.97 Å². The summed E-state index contributed by atoms with van der Waals surface area (Å²) in [6.45, 7) is 5.26. The minimum atomic E-state index is -0.122. The molecular formula is C16H23NO2. The lowest BCUT2D eigenvalue weighted by Gasteiger charge is -2.34. The van der Waals surface area contributed by atoms with Crippen LogP contribution in [-0.4, -0.2) is 18.6 Å². The van der Waals surface area contributed by atoms with Crippen LogP contribution in [-0.2, 0) is 16.1 Å². The molecule has 0 bridgehead atoms. The van der Waals surface area contributed by atoms with Gasteiger partial charge in [0.15, 0.2) is 0 Å². The number of rotatable bonds is 6. The summed E-state index contributed by atoms with van der Waals surface area (Å²) >= 11 is 0. The molecule has 1 aliphatic carbocycles. The zero-order valence-electron chi connectivity index (χ0n) is 11.8. The first kappa shape index (κ1) is 14.1. The van der Waals surface area contributed by atoms with E-state index in [9.17, 15) is 4.79 Å². The molecule has 3 heteroatoms. The van der Waals surface area contributed by atoms with Gasteiger partial charge in [0.1, 0.15) is 6.61 Å². The highest BCUT2D eigenvalue weighted by molar-refractivity contribution is 5.72. The summed E-state index contributed by atoms with van der Waals surface area (Å²) in [6, 6.07) is 10.4. The molecule has 1 aromatic carbocycles. The Kier molecular flexibility index (Phi) is 4.97. The molecular weight excluding hydrogens is 238 g/mol. The predicted molar refractivity (Wildman–Crippen MR) is 75.6 cm³/mol. The Morgan fingerprint density at radius 1 is 1.37 bits per heavy atom. The van der Waals surface area contributed by atoms with Crippen molar-refractivity contribution in [3.8, 4) is 0 Å². The van der Waals surface area contributed by atoms with E-state index in [-0.39, 0.29) is 11.9 Å². The number of hydrogen-bond acceptors (Lipinski definition) is 3. The van der Waals surface area contributed by atoms with Crippen molar-refractivity contribution in [1.29, 1.82) is 0 Å². The quantitative estimate of drug-likeness (QED) is 0.800. The Hall–Kier alpha value is -1.35. The van der Waals surface area contributed by atoms with Gasteiger partial charge in [-0.15, -0.1) is 0 Å². The maximum Gasteiger partial charge on any atom is 0.310 e. The molecule has 1 aromatic rings. The minimum Gasteiger partial charge on any atom is -0.461 e. The van der Waals surface area contributed by atoms with E-state index in [1.165, 1.54) is 12.8 Å². The summed E-state index contributed by atoms with van der Waals surface area (Å²) in [5.41, 5.74) is 1.03. The lowest BCUT2D eigenvalue weighted by molar-refractivity contribution is -0.149. The Morgan fingerprint density at radius 2 is 2.05 bits per heavy atom. The van der Waals surface area contributed by atoms with Crippen molar-refractivity contribution in [3.63, 3.8) is 0 Å². The highest BCUT2D eigenvalue weighted by Gasteiger charge is 2.26. The number of nitrogens with one attached hydrogen (secondary N) is 1. The van der Waals surface area contributed by atoms with Crippen LogP contribution in [0, 0.1) is 11.8 Å². The fraction of sp³-hybridized carbons (Fsp3) is 0.562. The molecule has 0 aromatic heterocycles. The highest BCUT2D eigenvalue weighted by Crippen LogP contribution is 2.26. The Morgan fingerprint density at radius 3 is 2.68 bits per heavy atom. The molecule has 0 aliphatic heterocycles. The van der Waals surface area contributed by atoms with E-state index in [0.717, 1.165) is 11.5 Å². The van der Waals surface area contributed by atoms with E-state index in [4.69, 9.17) is 4.74 Å². The van der Waals surface area contributed by atoms with Gasteiger partial charge < -0.3 is 10.1 Å². The van der Waals surface area contributed by atoms with Gasteiger partial charge in [0.2, 0.25) is 0 Å². The van der Waals surface area contributed by atoms with Crippen molar-refractivity contribution >= 4 is 5.97 Å². The van der Waals surface area contributed by atoms with Crippen LogP contribution in [0.25, 0.3) is 0 Å². The average Bonchev–Trinajstić information content (AvgIpc) is 2.40. The summed E-state index contributed by atoms with van der Waals surface area (Å²) in [4.78, 5) is 11.8. The molecule has 0 amide bonds. The van der Waals surface area contributed by atoms with Crippen molar-refractivity contribution in [2.45, 2.75) is 39.3 Å². The van der Waals surface area contributed by atoms with Crippen molar-refractivity contribution in [2.24, 2.45) is 11.8 Å². The van der Waals surface area contributed by atoms with Crippen LogP contribution in [0.4, 0.5) is 0 Å². The van der Waals surface area contributed by atoms with Crippen molar-refractivity contribution < 1.29 is 9.53 Å². The second-order valence-electron chi connectivity index (χ2n) is 5.68. The molecule has 3 nitrogen and oxygen atoms in total. The maximum absolute atomic E-state index is 11.8. The van der Waals surface area contributed by atoms with Crippen molar-refractivity contribution in [3.05, 3.63) is 35.9 Å². The normalized spacial score (nSPS) is 23.5. The maximum atomic E-state index is 11.8. The number of ether oxygens (including phenoxy) is 1. The van der Waals surface area contributed by atoms with Gasteiger partial charge in [-0.05, 0) is 24.3 Å². The number of hydrogen-bond donors (Lipinski definition) is 1. The number of carbonyl (C=O) groups is 1. The number of carbonyl (C=O) groups excluding carboxylic acids is 1. The molecule has 1 aliphatic rings. The smallest absolute Gasteiger partial charge is 0.310 e. The zero-order valence-corrected chi connectivity index (χ0v) is 11.8. The molecule has 2 rings (SSSR count). The summed E-state index contributed by atoms with van der Waals surface area (Å²) in [5, 5.41) is 3.43. The molecule has 0 radical (unpaired) electrons.